The summed E-state index contributed by atoms with van der Waals surface area (Å²) in [5, 5.41) is 11.7. The number of hydrogen-bond donors (Lipinski definition) is 2. The molecule has 2 N–H and O–H groups in total. The first-order chi connectivity index (χ1) is 10.5. The molecule has 1 heterocycles. The topological polar surface area (TPSA) is 86.7 Å². The Bertz CT molecular complexity index is 651. The molecule has 1 aromatic carbocycles. The van der Waals surface area contributed by atoms with Crippen LogP contribution in [0, 0.1) is 5.41 Å². The minimum absolute atomic E-state index is 0.209. The Labute approximate surface area is 128 Å². The van der Waals surface area contributed by atoms with Gasteiger partial charge < -0.3 is 15.3 Å². The van der Waals surface area contributed by atoms with Crippen LogP contribution < -0.4 is 10.2 Å². The van der Waals surface area contributed by atoms with Crippen molar-refractivity contribution in [2.75, 3.05) is 11.4 Å². The minimum Gasteiger partial charge on any atom is -0.480 e. The van der Waals surface area contributed by atoms with Crippen LogP contribution in [0.15, 0.2) is 24.3 Å². The van der Waals surface area contributed by atoms with Gasteiger partial charge >= 0.3 is 5.97 Å². The summed E-state index contributed by atoms with van der Waals surface area (Å²) in [5.74, 6) is -1.89. The quantitative estimate of drug-likeness (QED) is 0.811. The molecular weight excluding hydrogens is 284 g/mol. The molecule has 0 unspecified atom stereocenters. The van der Waals surface area contributed by atoms with E-state index in [0.717, 1.165) is 17.7 Å². The Morgan fingerprint density at radius 3 is 2.59 bits per heavy atom. The van der Waals surface area contributed by atoms with Gasteiger partial charge in [-0.2, -0.15) is 0 Å². The van der Waals surface area contributed by atoms with Crippen molar-refractivity contribution in [2.24, 2.45) is 5.41 Å². The molecule has 1 atom stereocenters. The second kappa shape index (κ2) is 5.12. The van der Waals surface area contributed by atoms with E-state index >= 15 is 0 Å². The fraction of sp³-hybridized carbons (Fsp3) is 0.438. The highest BCUT2D eigenvalue weighted by Gasteiger charge is 2.57. The van der Waals surface area contributed by atoms with Crippen molar-refractivity contribution in [1.29, 1.82) is 0 Å². The first-order valence-electron chi connectivity index (χ1n) is 7.39. The predicted octanol–water partition coefficient (Wildman–Crippen LogP) is 0.945. The molecule has 0 spiro atoms. The molecule has 2 amide bonds. The van der Waals surface area contributed by atoms with E-state index in [1.54, 1.807) is 11.8 Å². The smallest absolute Gasteiger partial charge is 0.319 e. The number of anilines is 1. The Balaban J connectivity index is 1.69. The second-order valence-electron chi connectivity index (χ2n) is 5.95. The zero-order chi connectivity index (χ0) is 15.9. The summed E-state index contributed by atoms with van der Waals surface area (Å²) >= 11 is 0. The average molecular weight is 302 g/mol. The van der Waals surface area contributed by atoms with Crippen LogP contribution in [0.25, 0.3) is 0 Å². The Kier molecular flexibility index (Phi) is 3.39. The molecule has 6 heteroatoms. The number of carbonyl (C=O) groups excluding carboxylic acids is 2. The molecule has 2 aliphatic rings. The second-order valence-corrected chi connectivity index (χ2v) is 5.95. The lowest BCUT2D eigenvalue weighted by Gasteiger charge is -2.23. The monoisotopic (exact) mass is 302 g/mol. The molecule has 0 aromatic heterocycles. The minimum atomic E-state index is -1.32. The predicted molar refractivity (Wildman–Crippen MR) is 79.4 cm³/mol. The zero-order valence-corrected chi connectivity index (χ0v) is 12.3. The number of nitrogens with one attached hydrogen (secondary N) is 1. The van der Waals surface area contributed by atoms with Crippen molar-refractivity contribution in [3.8, 4) is 0 Å². The summed E-state index contributed by atoms with van der Waals surface area (Å²) < 4.78 is 0. The van der Waals surface area contributed by atoms with Crippen LogP contribution in [0.1, 0.15) is 25.3 Å². The van der Waals surface area contributed by atoms with Crippen LogP contribution in [0.5, 0.6) is 0 Å². The molecule has 0 radical (unpaired) electrons. The van der Waals surface area contributed by atoms with E-state index in [1.807, 2.05) is 24.3 Å². The van der Waals surface area contributed by atoms with Crippen molar-refractivity contribution in [1.82, 2.24) is 5.32 Å². The maximum absolute atomic E-state index is 12.5. The van der Waals surface area contributed by atoms with Crippen LogP contribution in [-0.4, -0.2) is 35.5 Å². The van der Waals surface area contributed by atoms with Gasteiger partial charge in [0.05, 0.1) is 0 Å². The number of benzene rings is 1. The first-order valence-corrected chi connectivity index (χ1v) is 7.39. The van der Waals surface area contributed by atoms with Crippen LogP contribution in [-0.2, 0) is 20.8 Å². The van der Waals surface area contributed by atoms with E-state index < -0.39 is 23.3 Å². The van der Waals surface area contributed by atoms with Gasteiger partial charge in [-0.05, 0) is 37.8 Å². The van der Waals surface area contributed by atoms with Crippen molar-refractivity contribution >= 4 is 23.5 Å². The average Bonchev–Trinajstić information content (AvgIpc) is 3.21. The maximum atomic E-state index is 12.5. The third kappa shape index (κ3) is 2.24. The summed E-state index contributed by atoms with van der Waals surface area (Å²) in [6.45, 7) is 2.18. The van der Waals surface area contributed by atoms with Crippen molar-refractivity contribution in [3.63, 3.8) is 0 Å². The van der Waals surface area contributed by atoms with Crippen molar-refractivity contribution in [2.45, 2.75) is 32.2 Å². The number of fused-ring (bicyclic) bond motifs is 1. The van der Waals surface area contributed by atoms with Gasteiger partial charge in [0.2, 0.25) is 11.8 Å². The van der Waals surface area contributed by atoms with Crippen LogP contribution in [0.4, 0.5) is 5.69 Å². The number of amides is 2. The molecule has 1 aliphatic carbocycles. The van der Waals surface area contributed by atoms with Gasteiger partial charge in [0.1, 0.15) is 11.5 Å². The van der Waals surface area contributed by atoms with Gasteiger partial charge in [-0.25, -0.2) is 0 Å². The van der Waals surface area contributed by atoms with E-state index in [-0.39, 0.29) is 5.91 Å². The number of rotatable bonds is 4. The standard InChI is InChI=1S/C16H18N2O4/c1-10(17-14(20)16(7-8-16)15(21)22)13(19)18-9-6-11-4-2-3-5-12(11)18/h2-5,10H,6-9H2,1H3,(H,17,20)(H,21,22)/t10-/m0/s1. The molecule has 1 fully saturated rings. The molecule has 1 saturated carbocycles. The molecule has 0 bridgehead atoms. The number of carboxylic acid groups (broad SMARTS) is 1. The van der Waals surface area contributed by atoms with Gasteiger partial charge in [0, 0.05) is 12.2 Å². The van der Waals surface area contributed by atoms with Gasteiger partial charge in [-0.1, -0.05) is 18.2 Å². The first kappa shape index (κ1) is 14.6. The highest BCUT2D eigenvalue weighted by Crippen LogP contribution is 2.46. The molecule has 1 aromatic rings. The normalized spacial score (nSPS) is 19.2. The zero-order valence-electron chi connectivity index (χ0n) is 12.3. The fourth-order valence-electron chi connectivity index (χ4n) is 2.86. The fourth-order valence-corrected chi connectivity index (χ4v) is 2.86. The lowest BCUT2D eigenvalue weighted by atomic mass is 10.1. The van der Waals surface area contributed by atoms with Gasteiger partial charge in [0.15, 0.2) is 0 Å². The summed E-state index contributed by atoms with van der Waals surface area (Å²) in [7, 11) is 0. The van der Waals surface area contributed by atoms with Gasteiger partial charge in [-0.15, -0.1) is 0 Å². The third-order valence-corrected chi connectivity index (χ3v) is 4.47. The van der Waals surface area contributed by atoms with E-state index in [4.69, 9.17) is 5.11 Å². The molecule has 6 nitrogen and oxygen atoms in total. The summed E-state index contributed by atoms with van der Waals surface area (Å²) in [6, 6.07) is 6.93. The molecule has 3 rings (SSSR count). The Hall–Kier alpha value is -2.37. The van der Waals surface area contributed by atoms with E-state index in [1.165, 1.54) is 0 Å². The molecule has 22 heavy (non-hydrogen) atoms. The van der Waals surface area contributed by atoms with E-state index in [2.05, 4.69) is 5.32 Å². The largest absolute Gasteiger partial charge is 0.480 e. The van der Waals surface area contributed by atoms with Gasteiger partial charge in [-0.3, -0.25) is 14.4 Å². The summed E-state index contributed by atoms with van der Waals surface area (Å²) in [4.78, 5) is 37.4. The lowest BCUT2D eigenvalue weighted by Crippen LogP contribution is -2.49. The molecular formula is C16H18N2O4. The lowest BCUT2D eigenvalue weighted by molar-refractivity contribution is -0.149. The highest BCUT2D eigenvalue weighted by atomic mass is 16.4. The molecule has 116 valence electrons. The third-order valence-electron chi connectivity index (χ3n) is 4.47. The number of nitrogens with zero attached hydrogens (tertiary/aromatic N) is 1. The molecule has 0 saturated heterocycles. The van der Waals surface area contributed by atoms with Crippen LogP contribution in [0.2, 0.25) is 0 Å². The maximum Gasteiger partial charge on any atom is 0.319 e. The van der Waals surface area contributed by atoms with Crippen LogP contribution in [0.3, 0.4) is 0 Å². The number of carboxylic acids is 1. The summed E-state index contributed by atoms with van der Waals surface area (Å²) in [5.41, 5.74) is 0.656. The van der Waals surface area contributed by atoms with E-state index in [9.17, 15) is 14.4 Å². The SMILES string of the molecule is C[C@H](NC(=O)C1(C(=O)O)CC1)C(=O)N1CCc2ccccc21. The highest BCUT2D eigenvalue weighted by molar-refractivity contribution is 6.07. The Morgan fingerprint density at radius 1 is 1.27 bits per heavy atom. The van der Waals surface area contributed by atoms with E-state index in [0.29, 0.717) is 19.4 Å². The number of para-hydroxylation sites is 1. The van der Waals surface area contributed by atoms with Crippen molar-refractivity contribution < 1.29 is 19.5 Å². The number of hydrogen-bond acceptors (Lipinski definition) is 3. The molecule has 1 aliphatic heterocycles. The number of carbonyl (C=O) groups is 3. The van der Waals surface area contributed by atoms with Gasteiger partial charge in [0.25, 0.3) is 0 Å². The summed E-state index contributed by atoms with van der Waals surface area (Å²) in [6.07, 6.45) is 1.46. The van der Waals surface area contributed by atoms with Crippen LogP contribution >= 0.6 is 0 Å². The van der Waals surface area contributed by atoms with Crippen molar-refractivity contribution in [3.05, 3.63) is 29.8 Å². The Morgan fingerprint density at radius 2 is 1.95 bits per heavy atom. The number of aliphatic carboxylic acids is 1.